The lowest BCUT2D eigenvalue weighted by Crippen LogP contribution is -1.83. The van der Waals surface area contributed by atoms with Crippen LogP contribution in [0.15, 0.2) is 17.5 Å². The average molecular weight is 158 g/mol. The standard InChI is InChI=1S/C6H6OS.2CH4/c1-5(7)6-3-2-4-8-6;;/h2-4H,1H3;2*1H4. The predicted octanol–water partition coefficient (Wildman–Crippen LogP) is 3.22. The van der Waals surface area contributed by atoms with Crippen LogP contribution >= 0.6 is 11.3 Å². The van der Waals surface area contributed by atoms with E-state index in [-0.39, 0.29) is 20.6 Å². The fourth-order valence-corrected chi connectivity index (χ4v) is 1.11. The summed E-state index contributed by atoms with van der Waals surface area (Å²) in [4.78, 5) is 11.4. The normalized spacial score (nSPS) is 7.30. The molecule has 0 saturated heterocycles. The summed E-state index contributed by atoms with van der Waals surface area (Å²) in [5, 5.41) is 1.90. The van der Waals surface area contributed by atoms with Crippen molar-refractivity contribution in [2.45, 2.75) is 21.8 Å². The molecule has 1 heterocycles. The molecule has 0 atom stereocenters. The molecule has 0 aliphatic heterocycles. The van der Waals surface area contributed by atoms with Gasteiger partial charge in [-0.15, -0.1) is 11.3 Å². The molecule has 1 aromatic rings. The second-order valence-electron chi connectivity index (χ2n) is 1.53. The van der Waals surface area contributed by atoms with Crippen LogP contribution in [-0.2, 0) is 0 Å². The number of ketones is 1. The highest BCUT2D eigenvalue weighted by atomic mass is 32.1. The zero-order chi connectivity index (χ0) is 5.98. The second-order valence-corrected chi connectivity index (χ2v) is 2.48. The molecule has 0 fully saturated rings. The lowest BCUT2D eigenvalue weighted by Gasteiger charge is -1.79. The van der Waals surface area contributed by atoms with Gasteiger partial charge >= 0.3 is 0 Å². The van der Waals surface area contributed by atoms with Gasteiger partial charge in [-0.25, -0.2) is 0 Å². The molecule has 10 heavy (non-hydrogen) atoms. The van der Waals surface area contributed by atoms with E-state index in [1.807, 2.05) is 17.5 Å². The van der Waals surface area contributed by atoms with Crippen molar-refractivity contribution in [2.75, 3.05) is 0 Å². The van der Waals surface area contributed by atoms with Gasteiger partial charge in [0, 0.05) is 0 Å². The summed E-state index contributed by atoms with van der Waals surface area (Å²) in [6, 6.07) is 3.70. The van der Waals surface area contributed by atoms with Crippen molar-refractivity contribution in [3.05, 3.63) is 22.4 Å². The van der Waals surface area contributed by atoms with E-state index >= 15 is 0 Å². The quantitative estimate of drug-likeness (QED) is 0.573. The van der Waals surface area contributed by atoms with Gasteiger partial charge in [0.2, 0.25) is 0 Å². The Morgan fingerprint density at radius 2 is 2.10 bits per heavy atom. The Morgan fingerprint density at radius 3 is 2.30 bits per heavy atom. The summed E-state index contributed by atoms with van der Waals surface area (Å²) in [7, 11) is 0. The summed E-state index contributed by atoms with van der Waals surface area (Å²) in [6.07, 6.45) is 0. The van der Waals surface area contributed by atoms with Gasteiger partial charge in [0.25, 0.3) is 0 Å². The van der Waals surface area contributed by atoms with Crippen molar-refractivity contribution in [2.24, 2.45) is 0 Å². The Labute approximate surface area is 66.7 Å². The van der Waals surface area contributed by atoms with Gasteiger partial charge in [-0.05, 0) is 18.4 Å². The Hall–Kier alpha value is -0.630. The van der Waals surface area contributed by atoms with Gasteiger partial charge in [-0.2, -0.15) is 0 Å². The number of hydrogen-bond acceptors (Lipinski definition) is 2. The summed E-state index contributed by atoms with van der Waals surface area (Å²) in [5.41, 5.74) is 0. The van der Waals surface area contributed by atoms with E-state index < -0.39 is 0 Å². The average Bonchev–Trinajstić information content (AvgIpc) is 2.12. The zero-order valence-corrected chi connectivity index (χ0v) is 5.37. The van der Waals surface area contributed by atoms with Gasteiger partial charge in [0.05, 0.1) is 4.88 Å². The summed E-state index contributed by atoms with van der Waals surface area (Å²) in [5.74, 6) is 0.153. The van der Waals surface area contributed by atoms with E-state index in [1.54, 1.807) is 6.92 Å². The third kappa shape index (κ3) is 2.78. The summed E-state index contributed by atoms with van der Waals surface area (Å²) >= 11 is 1.48. The molecule has 2 heteroatoms. The maximum Gasteiger partial charge on any atom is 0.169 e. The predicted molar refractivity (Wildman–Crippen MR) is 47.8 cm³/mol. The number of thiophene rings is 1. The number of Topliss-reactive ketones (excluding diaryl/α,β-unsaturated/α-hetero) is 1. The van der Waals surface area contributed by atoms with E-state index in [9.17, 15) is 4.79 Å². The minimum absolute atomic E-state index is 0. The van der Waals surface area contributed by atoms with Crippen molar-refractivity contribution in [3.63, 3.8) is 0 Å². The Balaban J connectivity index is 0. The number of carbonyl (C=O) groups excluding carboxylic acids is 1. The minimum Gasteiger partial charge on any atom is -0.294 e. The Morgan fingerprint density at radius 1 is 1.50 bits per heavy atom. The largest absolute Gasteiger partial charge is 0.294 e. The van der Waals surface area contributed by atoms with Crippen molar-refractivity contribution in [1.29, 1.82) is 0 Å². The molecule has 0 N–H and O–H groups in total. The maximum atomic E-state index is 10.5. The lowest BCUT2D eigenvalue weighted by molar-refractivity contribution is 0.102. The number of rotatable bonds is 1. The molecular weight excluding hydrogens is 144 g/mol. The molecule has 0 unspecified atom stereocenters. The topological polar surface area (TPSA) is 17.1 Å². The summed E-state index contributed by atoms with van der Waals surface area (Å²) < 4.78 is 0. The molecule has 0 aromatic carbocycles. The van der Waals surface area contributed by atoms with Crippen LogP contribution in [0.5, 0.6) is 0 Å². The van der Waals surface area contributed by atoms with Crippen LogP contribution in [0.2, 0.25) is 0 Å². The lowest BCUT2D eigenvalue weighted by atomic mass is 10.4. The first-order chi connectivity index (χ1) is 3.80. The van der Waals surface area contributed by atoms with Crippen molar-refractivity contribution < 1.29 is 4.79 Å². The Kier molecular flexibility index (Phi) is 6.26. The monoisotopic (exact) mass is 158 g/mol. The van der Waals surface area contributed by atoms with E-state index in [4.69, 9.17) is 0 Å². The molecule has 1 rings (SSSR count). The van der Waals surface area contributed by atoms with Crippen molar-refractivity contribution in [1.82, 2.24) is 0 Å². The maximum absolute atomic E-state index is 10.5. The zero-order valence-electron chi connectivity index (χ0n) is 4.55. The molecule has 0 radical (unpaired) electrons. The molecule has 1 nitrogen and oxygen atoms in total. The first kappa shape index (κ1) is 12.1. The molecule has 0 aliphatic carbocycles. The first-order valence-corrected chi connectivity index (χ1v) is 3.23. The molecule has 1 aromatic heterocycles. The minimum atomic E-state index is 0. The van der Waals surface area contributed by atoms with E-state index in [0.717, 1.165) is 4.88 Å². The van der Waals surface area contributed by atoms with Gasteiger partial charge in [-0.1, -0.05) is 20.9 Å². The molecule has 0 amide bonds. The molecular formula is C8H14OS. The van der Waals surface area contributed by atoms with Crippen LogP contribution in [0.4, 0.5) is 0 Å². The number of carbonyl (C=O) groups is 1. The van der Waals surface area contributed by atoms with Crippen LogP contribution in [0.3, 0.4) is 0 Å². The van der Waals surface area contributed by atoms with Crippen LogP contribution in [0.25, 0.3) is 0 Å². The second kappa shape index (κ2) is 5.18. The smallest absolute Gasteiger partial charge is 0.169 e. The highest BCUT2D eigenvalue weighted by Gasteiger charge is 1.95. The van der Waals surface area contributed by atoms with Crippen molar-refractivity contribution in [3.8, 4) is 0 Å². The molecule has 0 bridgehead atoms. The highest BCUT2D eigenvalue weighted by molar-refractivity contribution is 7.12. The molecule has 0 aliphatic rings. The van der Waals surface area contributed by atoms with Crippen LogP contribution < -0.4 is 0 Å². The van der Waals surface area contributed by atoms with Gasteiger partial charge in [0.1, 0.15) is 0 Å². The van der Waals surface area contributed by atoms with Crippen LogP contribution in [-0.4, -0.2) is 5.78 Å². The fourth-order valence-electron chi connectivity index (χ4n) is 0.479. The fraction of sp³-hybridized carbons (Fsp3) is 0.375. The third-order valence-corrected chi connectivity index (χ3v) is 1.84. The van der Waals surface area contributed by atoms with Gasteiger partial charge in [-0.3, -0.25) is 4.79 Å². The van der Waals surface area contributed by atoms with Crippen LogP contribution in [0, 0.1) is 0 Å². The molecule has 0 saturated carbocycles. The van der Waals surface area contributed by atoms with Gasteiger partial charge < -0.3 is 0 Å². The van der Waals surface area contributed by atoms with Gasteiger partial charge in [0.15, 0.2) is 5.78 Å². The van der Waals surface area contributed by atoms with E-state index in [1.165, 1.54) is 11.3 Å². The van der Waals surface area contributed by atoms with Crippen molar-refractivity contribution >= 4 is 17.1 Å². The number of hydrogen-bond donors (Lipinski definition) is 0. The van der Waals surface area contributed by atoms with E-state index in [0.29, 0.717) is 0 Å². The Bertz CT molecular complexity index is 177. The summed E-state index contributed by atoms with van der Waals surface area (Å²) in [6.45, 7) is 1.58. The van der Waals surface area contributed by atoms with E-state index in [2.05, 4.69) is 0 Å². The first-order valence-electron chi connectivity index (χ1n) is 2.35. The molecule has 58 valence electrons. The SMILES string of the molecule is C.C.CC(=O)c1cccs1. The highest BCUT2D eigenvalue weighted by Crippen LogP contribution is 2.07. The van der Waals surface area contributed by atoms with Crippen LogP contribution in [0.1, 0.15) is 31.4 Å². The third-order valence-electron chi connectivity index (χ3n) is 0.868. The molecule has 0 spiro atoms.